The number of benzene rings is 1. The quantitative estimate of drug-likeness (QED) is 0.411. The second kappa shape index (κ2) is 10.0. The van der Waals surface area contributed by atoms with E-state index < -0.39 is 12.1 Å². The van der Waals surface area contributed by atoms with Crippen molar-refractivity contribution in [3.63, 3.8) is 0 Å². The first-order valence-electron chi connectivity index (χ1n) is 7.13. The predicted molar refractivity (Wildman–Crippen MR) is 76.3 cm³/mol. The molecular formula is C16H22O4. The van der Waals surface area contributed by atoms with Crippen LogP contribution in [0.5, 0.6) is 0 Å². The van der Waals surface area contributed by atoms with Crippen molar-refractivity contribution < 1.29 is 19.1 Å². The third kappa shape index (κ3) is 7.56. The van der Waals surface area contributed by atoms with Crippen LogP contribution in [0, 0.1) is 0 Å². The van der Waals surface area contributed by atoms with Crippen molar-refractivity contribution in [3.05, 3.63) is 35.9 Å². The van der Waals surface area contributed by atoms with Gasteiger partial charge in [0.15, 0.2) is 0 Å². The zero-order chi connectivity index (χ0) is 14.6. The van der Waals surface area contributed by atoms with Crippen LogP contribution in [0.3, 0.4) is 0 Å². The molecule has 1 rings (SSSR count). The van der Waals surface area contributed by atoms with E-state index in [4.69, 9.17) is 0 Å². The molecule has 0 aliphatic rings. The number of unbranched alkanes of at least 4 members (excludes halogenated alkanes) is 3. The number of hydrogen-bond donors (Lipinski definition) is 0. The minimum atomic E-state index is -0.901. The third-order valence-electron chi connectivity index (χ3n) is 2.90. The van der Waals surface area contributed by atoms with Crippen molar-refractivity contribution in [3.8, 4) is 0 Å². The zero-order valence-electron chi connectivity index (χ0n) is 12.0. The number of aryl methyl sites for hydroxylation is 1. The Hall–Kier alpha value is -1.84. The van der Waals surface area contributed by atoms with E-state index in [1.807, 2.05) is 18.2 Å². The highest BCUT2D eigenvalue weighted by Crippen LogP contribution is 2.09. The van der Waals surface area contributed by atoms with Gasteiger partial charge < -0.3 is 9.47 Å². The van der Waals surface area contributed by atoms with E-state index in [2.05, 4.69) is 21.6 Å². The third-order valence-corrected chi connectivity index (χ3v) is 2.90. The molecule has 0 saturated carbocycles. The van der Waals surface area contributed by atoms with Crippen LogP contribution >= 0.6 is 0 Å². The molecule has 0 aliphatic heterocycles. The van der Waals surface area contributed by atoms with Crippen molar-refractivity contribution in [2.75, 3.05) is 6.61 Å². The highest BCUT2D eigenvalue weighted by molar-refractivity contribution is 5.81. The summed E-state index contributed by atoms with van der Waals surface area (Å²) in [5.74, 6) is -0.508. The standard InChI is InChI=1S/C16H22O4/c1-2-19-16(18)20-15(17)13-9-4-3-6-10-14-11-7-5-8-12-14/h5,7-8,11-12H,2-4,6,9-10,13H2,1H3. The molecule has 20 heavy (non-hydrogen) atoms. The molecule has 0 N–H and O–H groups in total. The van der Waals surface area contributed by atoms with Crippen molar-refractivity contribution in [2.24, 2.45) is 0 Å². The van der Waals surface area contributed by atoms with Gasteiger partial charge in [-0.1, -0.05) is 43.2 Å². The lowest BCUT2D eigenvalue weighted by Crippen LogP contribution is -2.13. The second-order valence-corrected chi connectivity index (χ2v) is 4.56. The Morgan fingerprint density at radius 2 is 1.70 bits per heavy atom. The summed E-state index contributed by atoms with van der Waals surface area (Å²) >= 11 is 0. The predicted octanol–water partition coefficient (Wildman–Crippen LogP) is 3.88. The number of rotatable bonds is 8. The summed E-state index contributed by atoms with van der Waals surface area (Å²) in [4.78, 5) is 22.1. The van der Waals surface area contributed by atoms with Crippen LogP contribution < -0.4 is 0 Å². The molecule has 0 aliphatic carbocycles. The van der Waals surface area contributed by atoms with E-state index in [1.54, 1.807) is 6.92 Å². The first-order valence-corrected chi connectivity index (χ1v) is 7.13. The molecule has 0 amide bonds. The molecule has 1 aromatic rings. The van der Waals surface area contributed by atoms with Gasteiger partial charge >= 0.3 is 12.1 Å². The topological polar surface area (TPSA) is 52.6 Å². The lowest BCUT2D eigenvalue weighted by molar-refractivity contribution is -0.139. The van der Waals surface area contributed by atoms with Crippen LogP contribution in [0.1, 0.15) is 44.6 Å². The number of esters is 1. The van der Waals surface area contributed by atoms with E-state index in [0.29, 0.717) is 0 Å². The van der Waals surface area contributed by atoms with Crippen molar-refractivity contribution in [1.29, 1.82) is 0 Å². The molecule has 0 heterocycles. The summed E-state index contributed by atoms with van der Waals surface area (Å²) in [5.41, 5.74) is 1.34. The Balaban J connectivity index is 1.99. The van der Waals surface area contributed by atoms with E-state index in [0.717, 1.165) is 32.1 Å². The van der Waals surface area contributed by atoms with Crippen LogP contribution in [0.25, 0.3) is 0 Å². The Bertz CT molecular complexity index is 400. The summed E-state index contributed by atoms with van der Waals surface area (Å²) in [6, 6.07) is 10.3. The van der Waals surface area contributed by atoms with Crippen LogP contribution in [0.2, 0.25) is 0 Å². The molecule has 0 spiro atoms. The van der Waals surface area contributed by atoms with Crippen LogP contribution in [0.4, 0.5) is 4.79 Å². The number of carbonyl (C=O) groups is 2. The number of carbonyl (C=O) groups excluding carboxylic acids is 2. The van der Waals surface area contributed by atoms with Crippen molar-refractivity contribution in [1.82, 2.24) is 0 Å². The van der Waals surface area contributed by atoms with E-state index in [1.165, 1.54) is 5.56 Å². The van der Waals surface area contributed by atoms with Gasteiger partial charge in [0.05, 0.1) is 6.61 Å². The van der Waals surface area contributed by atoms with Gasteiger partial charge in [0, 0.05) is 6.42 Å². The Kier molecular flexibility index (Phi) is 8.11. The van der Waals surface area contributed by atoms with Gasteiger partial charge in [-0.2, -0.15) is 0 Å². The molecule has 0 radical (unpaired) electrons. The summed E-state index contributed by atoms with van der Waals surface area (Å²) in [6.45, 7) is 1.88. The first-order chi connectivity index (χ1) is 9.72. The van der Waals surface area contributed by atoms with Crippen molar-refractivity contribution >= 4 is 12.1 Å². The molecule has 0 bridgehead atoms. The maximum Gasteiger partial charge on any atom is 0.516 e. The smallest absolute Gasteiger partial charge is 0.434 e. The van der Waals surface area contributed by atoms with E-state index in [9.17, 15) is 9.59 Å². The summed E-state index contributed by atoms with van der Waals surface area (Å²) in [7, 11) is 0. The molecule has 0 saturated heterocycles. The monoisotopic (exact) mass is 278 g/mol. The minimum absolute atomic E-state index is 0.214. The molecule has 4 nitrogen and oxygen atoms in total. The Morgan fingerprint density at radius 1 is 1.00 bits per heavy atom. The van der Waals surface area contributed by atoms with Gasteiger partial charge in [-0.15, -0.1) is 0 Å². The molecule has 1 aromatic carbocycles. The lowest BCUT2D eigenvalue weighted by atomic mass is 10.1. The van der Waals surface area contributed by atoms with Gasteiger partial charge in [0.1, 0.15) is 0 Å². The van der Waals surface area contributed by atoms with Gasteiger partial charge in [0.2, 0.25) is 0 Å². The summed E-state index contributed by atoms with van der Waals surface area (Å²) in [5, 5.41) is 0. The fraction of sp³-hybridized carbons (Fsp3) is 0.500. The zero-order valence-corrected chi connectivity index (χ0v) is 12.0. The SMILES string of the molecule is CCOC(=O)OC(=O)CCCCCCc1ccccc1. The van der Waals surface area contributed by atoms with Crippen molar-refractivity contribution in [2.45, 2.75) is 45.4 Å². The van der Waals surface area contributed by atoms with Crippen LogP contribution in [0.15, 0.2) is 30.3 Å². The summed E-state index contributed by atoms with van der Waals surface area (Å²) in [6.07, 6.45) is 4.32. The first kappa shape index (κ1) is 16.2. The average molecular weight is 278 g/mol. The fourth-order valence-electron chi connectivity index (χ4n) is 1.89. The van der Waals surface area contributed by atoms with Gasteiger partial charge in [0.25, 0.3) is 0 Å². The normalized spacial score (nSPS) is 10.1. The summed E-state index contributed by atoms with van der Waals surface area (Å²) < 4.78 is 8.99. The number of ether oxygens (including phenoxy) is 2. The molecule has 0 unspecified atom stereocenters. The van der Waals surface area contributed by atoms with E-state index >= 15 is 0 Å². The molecule has 110 valence electrons. The molecule has 4 heteroatoms. The maximum atomic E-state index is 11.3. The Morgan fingerprint density at radius 3 is 2.40 bits per heavy atom. The van der Waals surface area contributed by atoms with E-state index in [-0.39, 0.29) is 13.0 Å². The fourth-order valence-corrected chi connectivity index (χ4v) is 1.89. The van der Waals surface area contributed by atoms with Gasteiger partial charge in [-0.25, -0.2) is 4.79 Å². The average Bonchev–Trinajstić information content (AvgIpc) is 2.44. The van der Waals surface area contributed by atoms with Gasteiger partial charge in [-0.3, -0.25) is 4.79 Å². The maximum absolute atomic E-state index is 11.3. The molecule has 0 aromatic heterocycles. The minimum Gasteiger partial charge on any atom is -0.434 e. The van der Waals surface area contributed by atoms with Gasteiger partial charge in [-0.05, 0) is 31.7 Å². The van der Waals surface area contributed by atoms with Crippen LogP contribution in [-0.4, -0.2) is 18.7 Å². The lowest BCUT2D eigenvalue weighted by Gasteiger charge is -2.03. The molecular weight excluding hydrogens is 256 g/mol. The van der Waals surface area contributed by atoms with Crippen LogP contribution in [-0.2, 0) is 20.7 Å². The number of hydrogen-bond acceptors (Lipinski definition) is 4. The second-order valence-electron chi connectivity index (χ2n) is 4.56. The highest BCUT2D eigenvalue weighted by Gasteiger charge is 2.10. The molecule has 0 atom stereocenters. The largest absolute Gasteiger partial charge is 0.516 e. The molecule has 0 fully saturated rings. The Labute approximate surface area is 120 Å². The highest BCUT2D eigenvalue weighted by atomic mass is 16.7.